The lowest BCUT2D eigenvalue weighted by Gasteiger charge is -2.27. The van der Waals surface area contributed by atoms with Gasteiger partial charge in [0.1, 0.15) is 0 Å². The molecular weight excluding hydrogens is 632 g/mol. The second-order valence-corrected chi connectivity index (χ2v) is 15.2. The van der Waals surface area contributed by atoms with Crippen molar-refractivity contribution in [2.24, 2.45) is 5.41 Å². The Labute approximate surface area is 248 Å². The molecule has 0 fully saturated rings. The lowest BCUT2D eigenvalue weighted by atomic mass is 9.95. The number of hydrogen-bond acceptors (Lipinski definition) is 7. The van der Waals surface area contributed by atoms with Crippen LogP contribution in [0.2, 0.25) is 0 Å². The lowest BCUT2D eigenvalue weighted by Crippen LogP contribution is -2.40. The molecule has 0 unspecified atom stereocenters. The first-order valence-corrected chi connectivity index (χ1v) is 16.1. The summed E-state index contributed by atoms with van der Waals surface area (Å²) < 4.78 is 63.5. The molecule has 41 heavy (non-hydrogen) atoms. The summed E-state index contributed by atoms with van der Waals surface area (Å²) in [5, 5.41) is 0.240. The van der Waals surface area contributed by atoms with Crippen LogP contribution in [0.1, 0.15) is 47.1 Å². The van der Waals surface area contributed by atoms with Crippen LogP contribution in [0.25, 0.3) is 10.9 Å². The fourth-order valence-electron chi connectivity index (χ4n) is 4.16. The molecule has 4 rings (SSSR count). The summed E-state index contributed by atoms with van der Waals surface area (Å²) in [5.41, 5.74) is 0.800. The van der Waals surface area contributed by atoms with E-state index in [0.29, 0.717) is 3.71 Å². The molecule has 0 N–H and O–H groups in total. The highest BCUT2D eigenvalue weighted by Crippen LogP contribution is 2.44. The molecule has 0 saturated heterocycles. The van der Waals surface area contributed by atoms with Crippen LogP contribution < -0.4 is 3.71 Å². The highest BCUT2D eigenvalue weighted by molar-refractivity contribution is 9.10. The summed E-state index contributed by atoms with van der Waals surface area (Å²) in [5.74, 6) is -1.67. The van der Waals surface area contributed by atoms with Gasteiger partial charge in [-0.25, -0.2) is 4.79 Å². The number of fused-ring (bicyclic) bond motifs is 1. The Kier molecular flexibility index (Phi) is 7.98. The molecule has 0 aliphatic carbocycles. The zero-order valence-electron chi connectivity index (χ0n) is 23.3. The van der Waals surface area contributed by atoms with E-state index in [1.54, 1.807) is 58.9 Å². The van der Waals surface area contributed by atoms with Crippen LogP contribution in [-0.2, 0) is 24.8 Å². The van der Waals surface area contributed by atoms with Gasteiger partial charge in [-0.15, -0.1) is 3.71 Å². The van der Waals surface area contributed by atoms with Gasteiger partial charge in [-0.05, 0) is 72.2 Å². The molecule has 0 aliphatic heterocycles. The van der Waals surface area contributed by atoms with Crippen molar-refractivity contribution in [3.8, 4) is 0 Å². The molecule has 216 valence electrons. The number of ether oxygens (including phenoxy) is 1. The predicted molar refractivity (Wildman–Crippen MR) is 160 cm³/mol. The molecule has 12 heteroatoms. The fraction of sp³-hybridized carbons (Fsp3) is 0.241. The molecule has 9 nitrogen and oxygen atoms in total. The van der Waals surface area contributed by atoms with E-state index in [0.717, 1.165) is 15.7 Å². The molecule has 0 atom stereocenters. The third-order valence-electron chi connectivity index (χ3n) is 6.40. The Hall–Kier alpha value is -3.48. The van der Waals surface area contributed by atoms with Crippen LogP contribution in [0.3, 0.4) is 0 Å². The standard InChI is InChI=1S/C29H29BrN2O7S2/c1-18-7-12-21(13-8-18)40(35,36)32(41(37,38)22-14-9-19(2)10-15-22)26-25(30)23-17-20(27(33)39-6)11-16-24(23)31(26)28(34)29(3,4)5/h7-17H,1-6H3. The molecule has 0 radical (unpaired) electrons. The number of rotatable bonds is 6. The number of halogens is 1. The van der Waals surface area contributed by atoms with Gasteiger partial charge in [-0.2, -0.15) is 16.8 Å². The summed E-state index contributed by atoms with van der Waals surface area (Å²) >= 11 is 3.40. The van der Waals surface area contributed by atoms with Crippen molar-refractivity contribution in [2.45, 2.75) is 44.4 Å². The van der Waals surface area contributed by atoms with Gasteiger partial charge < -0.3 is 4.74 Å². The monoisotopic (exact) mass is 660 g/mol. The quantitative estimate of drug-likeness (QED) is 0.230. The van der Waals surface area contributed by atoms with Crippen molar-refractivity contribution in [1.82, 2.24) is 4.57 Å². The number of aromatic nitrogens is 1. The third kappa shape index (κ3) is 5.43. The zero-order chi connectivity index (χ0) is 30.5. The van der Waals surface area contributed by atoms with Crippen molar-refractivity contribution < 1.29 is 31.2 Å². The number of sulfonamides is 2. The van der Waals surface area contributed by atoms with Gasteiger partial charge in [-0.3, -0.25) is 9.36 Å². The Bertz CT molecular complexity index is 1810. The molecule has 4 aromatic rings. The molecule has 0 bridgehead atoms. The van der Waals surface area contributed by atoms with E-state index in [4.69, 9.17) is 4.74 Å². The van der Waals surface area contributed by atoms with E-state index >= 15 is 0 Å². The van der Waals surface area contributed by atoms with Crippen LogP contribution in [0, 0.1) is 19.3 Å². The Balaban J connectivity index is 2.19. The van der Waals surface area contributed by atoms with Crippen LogP contribution in [-0.4, -0.2) is 40.4 Å². The zero-order valence-corrected chi connectivity index (χ0v) is 26.5. The summed E-state index contributed by atoms with van der Waals surface area (Å²) in [7, 11) is -8.46. The highest BCUT2D eigenvalue weighted by atomic mass is 79.9. The van der Waals surface area contributed by atoms with Gasteiger partial charge in [0.25, 0.3) is 20.0 Å². The number of carbonyl (C=O) groups is 2. The predicted octanol–water partition coefficient (Wildman–Crippen LogP) is 6.08. The summed E-state index contributed by atoms with van der Waals surface area (Å²) in [6, 6.07) is 15.7. The van der Waals surface area contributed by atoms with Crippen LogP contribution in [0.5, 0.6) is 0 Å². The summed E-state index contributed by atoms with van der Waals surface area (Å²) in [6.45, 7) is 8.44. The number of carbonyl (C=O) groups excluding carboxylic acids is 2. The maximum absolute atomic E-state index is 14.3. The smallest absolute Gasteiger partial charge is 0.337 e. The van der Waals surface area contributed by atoms with Gasteiger partial charge in [-0.1, -0.05) is 56.2 Å². The highest BCUT2D eigenvalue weighted by Gasteiger charge is 2.43. The number of benzene rings is 3. The van der Waals surface area contributed by atoms with Gasteiger partial charge in [0.2, 0.25) is 5.91 Å². The van der Waals surface area contributed by atoms with Crippen LogP contribution in [0.4, 0.5) is 5.82 Å². The average molecular weight is 662 g/mol. The number of hydrogen-bond donors (Lipinski definition) is 0. The van der Waals surface area contributed by atoms with Gasteiger partial charge in [0.15, 0.2) is 5.82 Å². The maximum Gasteiger partial charge on any atom is 0.337 e. The van der Waals surface area contributed by atoms with Crippen molar-refractivity contribution in [2.75, 3.05) is 10.8 Å². The Morgan fingerprint density at radius 3 is 1.68 bits per heavy atom. The number of methoxy groups -OCH3 is 1. The van der Waals surface area contributed by atoms with Crippen LogP contribution >= 0.6 is 15.9 Å². The van der Waals surface area contributed by atoms with Crippen LogP contribution in [0.15, 0.2) is 81.0 Å². The van der Waals surface area contributed by atoms with Gasteiger partial charge in [0, 0.05) is 10.8 Å². The van der Waals surface area contributed by atoms with E-state index in [1.165, 1.54) is 49.6 Å². The maximum atomic E-state index is 14.3. The first-order valence-electron chi connectivity index (χ1n) is 12.4. The number of aryl methyl sites for hydroxylation is 2. The average Bonchev–Trinajstić information content (AvgIpc) is 3.18. The summed E-state index contributed by atoms with van der Waals surface area (Å²) in [6.07, 6.45) is 0. The topological polar surface area (TPSA) is 120 Å². The molecular formula is C29H29BrN2O7S2. The Morgan fingerprint density at radius 2 is 1.27 bits per heavy atom. The van der Waals surface area contributed by atoms with E-state index < -0.39 is 43.2 Å². The van der Waals surface area contributed by atoms with Crippen molar-refractivity contribution in [1.29, 1.82) is 0 Å². The van der Waals surface area contributed by atoms with Crippen molar-refractivity contribution >= 4 is 64.6 Å². The second kappa shape index (κ2) is 10.7. The first-order chi connectivity index (χ1) is 19.0. The lowest BCUT2D eigenvalue weighted by molar-refractivity contribution is 0.0600. The minimum atomic E-state index is -4.84. The molecule has 0 spiro atoms. The molecule has 0 aliphatic rings. The molecule has 1 aromatic heterocycles. The molecule has 1 heterocycles. The number of esters is 1. The minimum absolute atomic E-state index is 0.0118. The fourth-order valence-corrected chi connectivity index (χ4v) is 8.76. The van der Waals surface area contributed by atoms with Gasteiger partial charge >= 0.3 is 5.97 Å². The van der Waals surface area contributed by atoms with E-state index in [1.807, 2.05) is 0 Å². The van der Waals surface area contributed by atoms with E-state index in [-0.39, 0.29) is 30.7 Å². The van der Waals surface area contributed by atoms with Gasteiger partial charge in [0.05, 0.1) is 32.5 Å². The molecule has 0 amide bonds. The first kappa shape index (κ1) is 30.5. The molecule has 0 saturated carbocycles. The SMILES string of the molecule is COC(=O)c1ccc2c(c1)c(Br)c(N(S(=O)(=O)c1ccc(C)cc1)S(=O)(=O)c1ccc(C)cc1)n2C(=O)C(C)(C)C. The second-order valence-electron chi connectivity index (χ2n) is 10.6. The normalized spacial score (nSPS) is 12.4. The van der Waals surface area contributed by atoms with Crippen molar-refractivity contribution in [3.05, 3.63) is 87.9 Å². The largest absolute Gasteiger partial charge is 0.465 e. The van der Waals surface area contributed by atoms with E-state index in [2.05, 4.69) is 15.9 Å². The number of nitrogens with zero attached hydrogens (tertiary/aromatic N) is 2. The Morgan fingerprint density at radius 1 is 0.805 bits per heavy atom. The summed E-state index contributed by atoms with van der Waals surface area (Å²) in [4.78, 5) is 25.7. The number of anilines is 1. The minimum Gasteiger partial charge on any atom is -0.465 e. The van der Waals surface area contributed by atoms with Crippen molar-refractivity contribution in [3.63, 3.8) is 0 Å². The third-order valence-corrected chi connectivity index (χ3v) is 11.3. The van der Waals surface area contributed by atoms with E-state index in [9.17, 15) is 26.4 Å². The molecule has 3 aromatic carbocycles.